The molecule has 2 aliphatic rings. The molecule has 1 atom stereocenters. The second-order valence-electron chi connectivity index (χ2n) is 11.5. The molecule has 4 N–H and O–H groups in total. The van der Waals surface area contributed by atoms with E-state index in [1.54, 1.807) is 12.1 Å². The first kappa shape index (κ1) is 35.0. The molecule has 0 spiro atoms. The van der Waals surface area contributed by atoms with Gasteiger partial charge < -0.3 is 40.0 Å². The summed E-state index contributed by atoms with van der Waals surface area (Å²) in [4.78, 5) is 16.4. The van der Waals surface area contributed by atoms with E-state index in [0.717, 1.165) is 38.9 Å². The summed E-state index contributed by atoms with van der Waals surface area (Å²) in [5, 5.41) is 18.8. The molecule has 2 fully saturated rings. The third-order valence-electron chi connectivity index (χ3n) is 8.09. The molecule has 12 nitrogen and oxygen atoms in total. The molecule has 1 aliphatic carbocycles. The van der Waals surface area contributed by atoms with Gasteiger partial charge in [-0.15, -0.1) is 0 Å². The van der Waals surface area contributed by atoms with Crippen LogP contribution in [-0.4, -0.2) is 110 Å². The molecule has 13 heteroatoms. The van der Waals surface area contributed by atoms with Gasteiger partial charge in [-0.1, -0.05) is 32.6 Å². The van der Waals surface area contributed by atoms with Crippen LogP contribution in [0.3, 0.4) is 0 Å². The Kier molecular flexibility index (Phi) is 15.8. The maximum atomic E-state index is 14.9. The fourth-order valence-electron chi connectivity index (χ4n) is 5.68. The van der Waals surface area contributed by atoms with E-state index in [1.165, 1.54) is 38.2 Å². The van der Waals surface area contributed by atoms with E-state index in [0.29, 0.717) is 81.7 Å². The zero-order valence-corrected chi connectivity index (χ0v) is 26.8. The van der Waals surface area contributed by atoms with Crippen LogP contribution in [0.15, 0.2) is 18.2 Å². The Morgan fingerprint density at radius 2 is 1.53 bits per heavy atom. The quantitative estimate of drug-likeness (QED) is 0.113. The van der Waals surface area contributed by atoms with Gasteiger partial charge in [-0.3, -0.25) is 4.90 Å². The van der Waals surface area contributed by atoms with Crippen molar-refractivity contribution in [3.8, 4) is 5.75 Å². The van der Waals surface area contributed by atoms with Crippen LogP contribution in [0.2, 0.25) is 0 Å². The second kappa shape index (κ2) is 20.3. The van der Waals surface area contributed by atoms with Gasteiger partial charge in [0.15, 0.2) is 11.6 Å². The fraction of sp³-hybridized carbons (Fsp3) is 0.719. The number of hydrogen-bond donors (Lipinski definition) is 4. The Balaban J connectivity index is 1.26. The highest BCUT2D eigenvalue weighted by molar-refractivity contribution is 5.57. The zero-order chi connectivity index (χ0) is 31.5. The molecule has 252 valence electrons. The van der Waals surface area contributed by atoms with Crippen molar-refractivity contribution in [2.75, 3.05) is 88.4 Å². The predicted octanol–water partition coefficient (Wildman–Crippen LogP) is 4.60. The van der Waals surface area contributed by atoms with Crippen LogP contribution in [0.4, 0.5) is 27.9 Å². The normalized spacial score (nSPS) is 17.7. The number of aliphatic hydroxyl groups is 1. The summed E-state index contributed by atoms with van der Waals surface area (Å²) in [6.45, 7) is 8.07. The number of aromatic nitrogens is 3. The van der Waals surface area contributed by atoms with Crippen LogP contribution in [0, 0.1) is 5.82 Å². The lowest BCUT2D eigenvalue weighted by Gasteiger charge is -2.23. The van der Waals surface area contributed by atoms with E-state index >= 15 is 0 Å². The molecule has 1 aliphatic heterocycles. The Morgan fingerprint density at radius 3 is 2.24 bits per heavy atom. The van der Waals surface area contributed by atoms with Crippen LogP contribution < -0.4 is 20.7 Å². The lowest BCUT2D eigenvalue weighted by molar-refractivity contribution is 0.00735. The summed E-state index contributed by atoms with van der Waals surface area (Å²) >= 11 is 0. The Morgan fingerprint density at radius 1 is 0.844 bits per heavy atom. The van der Waals surface area contributed by atoms with Crippen molar-refractivity contribution in [1.29, 1.82) is 0 Å². The highest BCUT2D eigenvalue weighted by Crippen LogP contribution is 2.25. The average Bonchev–Trinajstić information content (AvgIpc) is 3.35. The summed E-state index contributed by atoms with van der Waals surface area (Å²) < 4.78 is 36.7. The third kappa shape index (κ3) is 12.8. The number of nitrogens with one attached hydrogen (secondary N) is 3. The maximum Gasteiger partial charge on any atom is 0.233 e. The average molecular weight is 634 g/mol. The molecule has 1 saturated heterocycles. The number of halogens is 1. The third-order valence-corrected chi connectivity index (χ3v) is 8.09. The summed E-state index contributed by atoms with van der Waals surface area (Å²) in [6.07, 6.45) is 10.1. The molecule has 1 unspecified atom stereocenters. The van der Waals surface area contributed by atoms with Crippen molar-refractivity contribution in [1.82, 2.24) is 19.9 Å². The number of aliphatic hydroxyl groups excluding tert-OH is 1. The largest absolute Gasteiger partial charge is 0.488 e. The summed E-state index contributed by atoms with van der Waals surface area (Å²) in [5.41, 5.74) is 0.513. The van der Waals surface area contributed by atoms with Crippen molar-refractivity contribution in [3.05, 3.63) is 24.0 Å². The standard InChI is InChI=1S/C32H52FN7O5/c1-2-40-14-7-11-27(40)24-34-30-37-31(35-25-9-5-3-4-6-10-25)39-32(38-30)36-26-12-13-29(28(33)23-26)45-22-21-44-20-19-43-18-17-42-16-8-15-41/h12-13,23,25,27,41H,2-11,14-22,24H2,1H3,(H3,34,35,36,37,38,39). The first-order chi connectivity index (χ1) is 22.1. The van der Waals surface area contributed by atoms with E-state index in [-0.39, 0.29) is 19.0 Å². The van der Waals surface area contributed by atoms with E-state index in [9.17, 15) is 4.39 Å². The second-order valence-corrected chi connectivity index (χ2v) is 11.5. The van der Waals surface area contributed by atoms with Crippen molar-refractivity contribution >= 4 is 23.5 Å². The molecule has 0 bridgehead atoms. The highest BCUT2D eigenvalue weighted by atomic mass is 19.1. The minimum Gasteiger partial charge on any atom is -0.488 e. The lowest BCUT2D eigenvalue weighted by atomic mass is 10.1. The first-order valence-electron chi connectivity index (χ1n) is 16.7. The molecular formula is C32H52FN7O5. The molecule has 1 aromatic carbocycles. The molecule has 0 amide bonds. The van der Waals surface area contributed by atoms with Gasteiger partial charge in [0.1, 0.15) is 6.61 Å². The van der Waals surface area contributed by atoms with Crippen molar-refractivity contribution in [3.63, 3.8) is 0 Å². The molecule has 0 radical (unpaired) electrons. The fourth-order valence-corrected chi connectivity index (χ4v) is 5.68. The van der Waals surface area contributed by atoms with Crippen LogP contribution >= 0.6 is 0 Å². The maximum absolute atomic E-state index is 14.9. The van der Waals surface area contributed by atoms with E-state index in [4.69, 9.17) is 29.0 Å². The van der Waals surface area contributed by atoms with Gasteiger partial charge in [-0.05, 0) is 57.3 Å². The van der Waals surface area contributed by atoms with Crippen molar-refractivity contribution < 1.29 is 28.4 Å². The van der Waals surface area contributed by atoms with Gasteiger partial charge in [0.05, 0.1) is 33.0 Å². The molecule has 1 aromatic heterocycles. The van der Waals surface area contributed by atoms with Gasteiger partial charge in [0, 0.05) is 43.6 Å². The summed E-state index contributed by atoms with van der Waals surface area (Å²) in [7, 11) is 0. The number of rotatable bonds is 21. The van der Waals surface area contributed by atoms with Crippen LogP contribution in [0.1, 0.15) is 64.7 Å². The van der Waals surface area contributed by atoms with E-state index < -0.39 is 5.82 Å². The lowest BCUT2D eigenvalue weighted by Crippen LogP contribution is -2.35. The van der Waals surface area contributed by atoms with Crippen molar-refractivity contribution in [2.45, 2.75) is 76.8 Å². The molecule has 45 heavy (non-hydrogen) atoms. The Hall–Kier alpha value is -2.84. The summed E-state index contributed by atoms with van der Waals surface area (Å²) in [6, 6.07) is 5.48. The molecule has 2 heterocycles. The zero-order valence-electron chi connectivity index (χ0n) is 26.8. The molecular weight excluding hydrogens is 581 g/mol. The van der Waals surface area contributed by atoms with Gasteiger partial charge in [-0.2, -0.15) is 15.0 Å². The topological polar surface area (TPSA) is 135 Å². The number of hydrogen-bond acceptors (Lipinski definition) is 12. The molecule has 2 aromatic rings. The monoisotopic (exact) mass is 633 g/mol. The number of anilines is 4. The minimum atomic E-state index is -0.491. The number of likely N-dealkylation sites (tertiary alicyclic amines) is 1. The smallest absolute Gasteiger partial charge is 0.233 e. The number of ether oxygens (including phenoxy) is 4. The van der Waals surface area contributed by atoms with Gasteiger partial charge >= 0.3 is 0 Å². The number of benzene rings is 1. The van der Waals surface area contributed by atoms with Gasteiger partial charge in [-0.25, -0.2) is 4.39 Å². The van der Waals surface area contributed by atoms with Crippen LogP contribution in [0.5, 0.6) is 5.75 Å². The number of nitrogens with zero attached hydrogens (tertiary/aromatic N) is 4. The minimum absolute atomic E-state index is 0.124. The van der Waals surface area contributed by atoms with Gasteiger partial charge in [0.25, 0.3) is 0 Å². The Bertz CT molecular complexity index is 1110. The van der Waals surface area contributed by atoms with Crippen LogP contribution in [0.25, 0.3) is 0 Å². The molecule has 1 saturated carbocycles. The van der Waals surface area contributed by atoms with Gasteiger partial charge in [0.2, 0.25) is 17.8 Å². The molecule has 4 rings (SSSR count). The predicted molar refractivity (Wildman–Crippen MR) is 173 cm³/mol. The van der Waals surface area contributed by atoms with E-state index in [2.05, 4.69) is 37.7 Å². The highest BCUT2D eigenvalue weighted by Gasteiger charge is 2.23. The summed E-state index contributed by atoms with van der Waals surface area (Å²) in [5.74, 6) is 1.03. The number of likely N-dealkylation sites (N-methyl/N-ethyl adjacent to an activating group) is 1. The Labute approximate surface area is 266 Å². The van der Waals surface area contributed by atoms with E-state index in [1.807, 2.05) is 0 Å². The SMILES string of the molecule is CCN1CCCC1CNc1nc(Nc2ccc(OCCOCCOCCOCCCO)c(F)c2)nc(NC2CCCCCC2)n1. The van der Waals surface area contributed by atoms with Crippen LogP contribution in [-0.2, 0) is 14.2 Å². The van der Waals surface area contributed by atoms with Crippen molar-refractivity contribution in [2.24, 2.45) is 0 Å². The first-order valence-corrected chi connectivity index (χ1v) is 16.7.